The largest absolute Gasteiger partial charge is 0.454 e. The van der Waals surface area contributed by atoms with E-state index in [9.17, 15) is 0 Å². The normalized spacial score (nSPS) is 12.8. The molecule has 0 amide bonds. The van der Waals surface area contributed by atoms with Crippen molar-refractivity contribution in [1.82, 2.24) is 19.7 Å². The number of anilines is 1. The van der Waals surface area contributed by atoms with Gasteiger partial charge in [-0.05, 0) is 31.5 Å². The first kappa shape index (κ1) is 13.8. The van der Waals surface area contributed by atoms with Gasteiger partial charge in [-0.1, -0.05) is 6.07 Å². The molecule has 2 aromatic heterocycles. The Morgan fingerprint density at radius 1 is 1.22 bits per heavy atom. The summed E-state index contributed by atoms with van der Waals surface area (Å²) in [7, 11) is 0. The highest BCUT2D eigenvalue weighted by molar-refractivity contribution is 5.87. The van der Waals surface area contributed by atoms with Crippen molar-refractivity contribution in [3.05, 3.63) is 35.8 Å². The second-order valence-corrected chi connectivity index (χ2v) is 5.36. The summed E-state index contributed by atoms with van der Waals surface area (Å²) in [5.41, 5.74) is 3.83. The second-order valence-electron chi connectivity index (χ2n) is 5.36. The zero-order valence-electron chi connectivity index (χ0n) is 13.0. The minimum Gasteiger partial charge on any atom is -0.454 e. The van der Waals surface area contributed by atoms with E-state index in [0.717, 1.165) is 46.2 Å². The average molecular weight is 311 g/mol. The van der Waals surface area contributed by atoms with Gasteiger partial charge in [-0.25, -0.2) is 9.97 Å². The van der Waals surface area contributed by atoms with Gasteiger partial charge in [0.05, 0.1) is 5.69 Å². The first-order valence-corrected chi connectivity index (χ1v) is 7.56. The molecule has 0 saturated carbocycles. The molecule has 7 nitrogen and oxygen atoms in total. The van der Waals surface area contributed by atoms with E-state index in [1.807, 2.05) is 29.8 Å². The Kier molecular flexibility index (Phi) is 3.25. The molecule has 0 radical (unpaired) electrons. The summed E-state index contributed by atoms with van der Waals surface area (Å²) < 4.78 is 12.7. The lowest BCUT2D eigenvalue weighted by atomic mass is 10.2. The molecular formula is C16H17N5O2. The van der Waals surface area contributed by atoms with Crippen molar-refractivity contribution >= 4 is 16.9 Å². The molecule has 0 saturated heterocycles. The zero-order chi connectivity index (χ0) is 15.8. The van der Waals surface area contributed by atoms with E-state index >= 15 is 0 Å². The van der Waals surface area contributed by atoms with Gasteiger partial charge in [0.25, 0.3) is 0 Å². The summed E-state index contributed by atoms with van der Waals surface area (Å²) in [4.78, 5) is 8.72. The first-order chi connectivity index (χ1) is 11.3. The second kappa shape index (κ2) is 5.42. The van der Waals surface area contributed by atoms with Gasteiger partial charge in [0, 0.05) is 13.1 Å². The molecule has 0 aliphatic carbocycles. The Hall–Kier alpha value is -2.83. The van der Waals surface area contributed by atoms with Crippen molar-refractivity contribution in [3.63, 3.8) is 0 Å². The van der Waals surface area contributed by atoms with E-state index in [0.29, 0.717) is 6.54 Å². The Morgan fingerprint density at radius 2 is 2.09 bits per heavy atom. The van der Waals surface area contributed by atoms with Crippen LogP contribution < -0.4 is 14.8 Å². The molecule has 3 aromatic rings. The summed E-state index contributed by atoms with van der Waals surface area (Å²) in [6.07, 6.45) is 1.57. The van der Waals surface area contributed by atoms with E-state index in [2.05, 4.69) is 27.3 Å². The lowest BCUT2D eigenvalue weighted by Crippen LogP contribution is -2.05. The molecule has 7 heteroatoms. The van der Waals surface area contributed by atoms with Gasteiger partial charge in [0.2, 0.25) is 6.79 Å². The third kappa shape index (κ3) is 2.34. The molecule has 1 N–H and O–H groups in total. The number of nitrogens with zero attached hydrogens (tertiary/aromatic N) is 4. The highest BCUT2D eigenvalue weighted by Gasteiger charge is 2.15. The van der Waals surface area contributed by atoms with Crippen LogP contribution in [0.5, 0.6) is 11.5 Å². The van der Waals surface area contributed by atoms with Gasteiger partial charge in [0.15, 0.2) is 17.3 Å². The van der Waals surface area contributed by atoms with Crippen molar-refractivity contribution in [1.29, 1.82) is 0 Å². The van der Waals surface area contributed by atoms with Gasteiger partial charge in [-0.2, -0.15) is 5.10 Å². The Bertz CT molecular complexity index is 874. The number of fused-ring (bicyclic) bond motifs is 2. The summed E-state index contributed by atoms with van der Waals surface area (Å²) in [5, 5.41) is 7.88. The van der Waals surface area contributed by atoms with Gasteiger partial charge >= 0.3 is 0 Å². The number of benzene rings is 1. The number of ether oxygens (including phenoxy) is 2. The summed E-state index contributed by atoms with van der Waals surface area (Å²) in [5.74, 6) is 2.36. The third-order valence-electron chi connectivity index (χ3n) is 3.89. The molecule has 0 unspecified atom stereocenters. The molecular weight excluding hydrogens is 294 g/mol. The quantitative estimate of drug-likeness (QED) is 0.798. The van der Waals surface area contributed by atoms with Crippen molar-refractivity contribution in [3.8, 4) is 11.5 Å². The highest BCUT2D eigenvalue weighted by Crippen LogP contribution is 2.32. The molecule has 4 rings (SSSR count). The SMILES string of the molecule is CCn1nc(C)c2ncnc(NCc3ccc4c(c3)OCO4)c21. The zero-order valence-corrected chi connectivity index (χ0v) is 13.0. The summed E-state index contributed by atoms with van der Waals surface area (Å²) in [6, 6.07) is 5.92. The molecule has 1 aliphatic rings. The molecule has 3 heterocycles. The fourth-order valence-corrected chi connectivity index (χ4v) is 2.76. The predicted octanol–water partition coefficient (Wildman–Crippen LogP) is 2.50. The van der Waals surface area contributed by atoms with E-state index in [-0.39, 0.29) is 6.79 Å². The number of rotatable bonds is 4. The van der Waals surface area contributed by atoms with E-state index in [1.165, 1.54) is 0 Å². The molecule has 0 atom stereocenters. The van der Waals surface area contributed by atoms with Crippen LogP contribution in [0.3, 0.4) is 0 Å². The van der Waals surface area contributed by atoms with E-state index < -0.39 is 0 Å². The summed E-state index contributed by atoms with van der Waals surface area (Å²) in [6.45, 7) is 5.71. The third-order valence-corrected chi connectivity index (χ3v) is 3.89. The number of aromatic nitrogens is 4. The molecule has 0 fully saturated rings. The van der Waals surface area contributed by atoms with Crippen LogP contribution >= 0.6 is 0 Å². The van der Waals surface area contributed by atoms with Crippen LogP contribution in [0.1, 0.15) is 18.2 Å². The highest BCUT2D eigenvalue weighted by atomic mass is 16.7. The van der Waals surface area contributed by atoms with Gasteiger partial charge in [-0.3, -0.25) is 4.68 Å². The monoisotopic (exact) mass is 311 g/mol. The van der Waals surface area contributed by atoms with Crippen LogP contribution in [0.2, 0.25) is 0 Å². The topological polar surface area (TPSA) is 74.1 Å². The number of hydrogen-bond donors (Lipinski definition) is 1. The molecule has 1 aliphatic heterocycles. The average Bonchev–Trinajstić information content (AvgIpc) is 3.17. The van der Waals surface area contributed by atoms with Crippen LogP contribution in [0.4, 0.5) is 5.82 Å². The predicted molar refractivity (Wildman–Crippen MR) is 85.6 cm³/mol. The van der Waals surface area contributed by atoms with Crippen molar-refractivity contribution in [2.24, 2.45) is 0 Å². The van der Waals surface area contributed by atoms with Crippen molar-refractivity contribution < 1.29 is 9.47 Å². The lowest BCUT2D eigenvalue weighted by molar-refractivity contribution is 0.174. The number of aryl methyl sites for hydroxylation is 2. The van der Waals surface area contributed by atoms with Crippen molar-refractivity contribution in [2.45, 2.75) is 26.9 Å². The molecule has 23 heavy (non-hydrogen) atoms. The maximum absolute atomic E-state index is 5.41. The van der Waals surface area contributed by atoms with Crippen LogP contribution in [0.25, 0.3) is 11.0 Å². The van der Waals surface area contributed by atoms with Gasteiger partial charge < -0.3 is 14.8 Å². The molecule has 118 valence electrons. The Morgan fingerprint density at radius 3 is 2.96 bits per heavy atom. The van der Waals surface area contributed by atoms with Crippen LogP contribution in [0, 0.1) is 6.92 Å². The first-order valence-electron chi connectivity index (χ1n) is 7.56. The van der Waals surface area contributed by atoms with E-state index in [4.69, 9.17) is 9.47 Å². The summed E-state index contributed by atoms with van der Waals surface area (Å²) >= 11 is 0. The lowest BCUT2D eigenvalue weighted by Gasteiger charge is -2.09. The molecule has 0 bridgehead atoms. The van der Waals surface area contributed by atoms with Crippen LogP contribution in [-0.4, -0.2) is 26.5 Å². The number of nitrogens with one attached hydrogen (secondary N) is 1. The molecule has 1 aromatic carbocycles. The fraction of sp³-hybridized carbons (Fsp3) is 0.312. The fourth-order valence-electron chi connectivity index (χ4n) is 2.76. The van der Waals surface area contributed by atoms with E-state index in [1.54, 1.807) is 6.33 Å². The molecule has 0 spiro atoms. The van der Waals surface area contributed by atoms with Crippen molar-refractivity contribution in [2.75, 3.05) is 12.1 Å². The maximum Gasteiger partial charge on any atom is 0.231 e. The minimum absolute atomic E-state index is 0.285. The standard InChI is InChI=1S/C16H17N5O2/c1-3-21-15-14(10(2)20-21)18-8-19-16(15)17-7-11-4-5-12-13(6-11)23-9-22-12/h4-6,8H,3,7,9H2,1-2H3,(H,17,18,19). The maximum atomic E-state index is 5.41. The smallest absolute Gasteiger partial charge is 0.231 e. The Balaban J connectivity index is 1.63. The van der Waals surface area contributed by atoms with Gasteiger partial charge in [-0.15, -0.1) is 0 Å². The number of hydrogen-bond acceptors (Lipinski definition) is 6. The Labute approximate surface area is 133 Å². The minimum atomic E-state index is 0.285. The van der Waals surface area contributed by atoms with Crippen LogP contribution in [0.15, 0.2) is 24.5 Å². The van der Waals surface area contributed by atoms with Crippen LogP contribution in [-0.2, 0) is 13.1 Å². The van der Waals surface area contributed by atoms with Gasteiger partial charge in [0.1, 0.15) is 17.4 Å².